The zero-order chi connectivity index (χ0) is 19.5. The first-order chi connectivity index (χ1) is 13.7. The molecule has 0 spiro atoms. The van der Waals surface area contributed by atoms with E-state index >= 15 is 0 Å². The lowest BCUT2D eigenvalue weighted by Crippen LogP contribution is -2.01. The molecule has 2 aromatic carbocycles. The highest BCUT2D eigenvalue weighted by molar-refractivity contribution is 7.98. The number of esters is 1. The number of thioether (sulfide) groups is 1. The van der Waals surface area contributed by atoms with Gasteiger partial charge in [-0.15, -0.1) is 10.2 Å². The number of ether oxygens (including phenoxy) is 1. The van der Waals surface area contributed by atoms with Crippen LogP contribution in [0.2, 0.25) is 0 Å². The van der Waals surface area contributed by atoms with Crippen LogP contribution in [-0.2, 0) is 17.0 Å². The van der Waals surface area contributed by atoms with E-state index in [4.69, 9.17) is 9.72 Å². The van der Waals surface area contributed by atoms with Crippen LogP contribution < -0.4 is 0 Å². The lowest BCUT2D eigenvalue weighted by atomic mass is 10.1. The van der Waals surface area contributed by atoms with Crippen LogP contribution in [0.1, 0.15) is 29.3 Å². The summed E-state index contributed by atoms with van der Waals surface area (Å²) in [4.78, 5) is 16.3. The highest BCUT2D eigenvalue weighted by Gasteiger charge is 2.14. The molecule has 0 unspecified atom stereocenters. The number of carbonyl (C=O) groups excluding carboxylic acids is 1. The molecule has 7 heteroatoms. The van der Waals surface area contributed by atoms with Crippen molar-refractivity contribution in [3.05, 3.63) is 59.7 Å². The molecule has 0 aliphatic heterocycles. The van der Waals surface area contributed by atoms with E-state index in [2.05, 4.69) is 33.8 Å². The van der Waals surface area contributed by atoms with Crippen LogP contribution in [0.25, 0.3) is 22.1 Å². The number of carbonyl (C=O) groups is 1. The summed E-state index contributed by atoms with van der Waals surface area (Å²) in [5.74, 6) is 0.365. The summed E-state index contributed by atoms with van der Waals surface area (Å²) in [6, 6.07) is 15.6. The standard InChI is InChI=1S/C21H20N4O2S/c1-3-12-25-17-7-5-4-6-16(17)18-19(25)22-21(24-23-18)28-13-14-8-10-15(11-9-14)20(26)27-2/h4-11H,3,12-13H2,1-2H3. The van der Waals surface area contributed by atoms with E-state index < -0.39 is 0 Å². The SMILES string of the molecule is CCCn1c2ccccc2c2nnc(SCc3ccc(C(=O)OC)cc3)nc21. The van der Waals surface area contributed by atoms with Crippen LogP contribution in [0.5, 0.6) is 0 Å². The summed E-state index contributed by atoms with van der Waals surface area (Å²) < 4.78 is 6.94. The number of aromatic nitrogens is 4. The first-order valence-electron chi connectivity index (χ1n) is 9.13. The van der Waals surface area contributed by atoms with Crippen molar-refractivity contribution in [2.75, 3.05) is 7.11 Å². The van der Waals surface area contributed by atoms with Crippen LogP contribution in [0.3, 0.4) is 0 Å². The van der Waals surface area contributed by atoms with Gasteiger partial charge < -0.3 is 9.30 Å². The monoisotopic (exact) mass is 392 g/mol. The quantitative estimate of drug-likeness (QED) is 0.356. The van der Waals surface area contributed by atoms with Crippen LogP contribution in [0.15, 0.2) is 53.7 Å². The third kappa shape index (κ3) is 3.45. The molecular formula is C21H20N4O2S. The van der Waals surface area contributed by atoms with Gasteiger partial charge in [-0.25, -0.2) is 9.78 Å². The number of methoxy groups -OCH3 is 1. The van der Waals surface area contributed by atoms with Crippen LogP contribution in [-0.4, -0.2) is 32.8 Å². The van der Waals surface area contributed by atoms with Gasteiger partial charge in [0.05, 0.1) is 18.2 Å². The largest absolute Gasteiger partial charge is 0.465 e. The molecule has 0 radical (unpaired) electrons. The normalized spacial score (nSPS) is 11.2. The minimum Gasteiger partial charge on any atom is -0.465 e. The molecule has 0 saturated heterocycles. The molecule has 28 heavy (non-hydrogen) atoms. The summed E-state index contributed by atoms with van der Waals surface area (Å²) in [5.41, 5.74) is 4.48. The minimum absolute atomic E-state index is 0.332. The van der Waals surface area contributed by atoms with E-state index in [1.165, 1.54) is 18.9 Å². The van der Waals surface area contributed by atoms with Crippen molar-refractivity contribution in [3.63, 3.8) is 0 Å². The second-order valence-electron chi connectivity index (χ2n) is 6.41. The number of fused-ring (bicyclic) bond motifs is 3. The van der Waals surface area contributed by atoms with Crippen molar-refractivity contribution in [2.24, 2.45) is 0 Å². The zero-order valence-electron chi connectivity index (χ0n) is 15.8. The number of aryl methyl sites for hydroxylation is 1. The number of para-hydroxylation sites is 1. The molecule has 0 aliphatic carbocycles. The van der Waals surface area contributed by atoms with Gasteiger partial charge in [-0.3, -0.25) is 0 Å². The molecule has 2 aromatic heterocycles. The van der Waals surface area contributed by atoms with Gasteiger partial charge in [0.25, 0.3) is 0 Å². The molecule has 4 aromatic rings. The van der Waals surface area contributed by atoms with Gasteiger partial charge in [0.2, 0.25) is 5.16 Å². The topological polar surface area (TPSA) is 69.9 Å². The molecule has 0 amide bonds. The average molecular weight is 392 g/mol. The lowest BCUT2D eigenvalue weighted by molar-refractivity contribution is 0.0600. The molecule has 2 heterocycles. The fourth-order valence-corrected chi connectivity index (χ4v) is 3.94. The molecule has 142 valence electrons. The van der Waals surface area contributed by atoms with E-state index in [9.17, 15) is 4.79 Å². The summed E-state index contributed by atoms with van der Waals surface area (Å²) in [6.07, 6.45) is 1.02. The first-order valence-corrected chi connectivity index (χ1v) is 10.1. The zero-order valence-corrected chi connectivity index (χ0v) is 16.6. The Morgan fingerprint density at radius 3 is 2.64 bits per heavy atom. The molecular weight excluding hydrogens is 372 g/mol. The van der Waals surface area contributed by atoms with Crippen molar-refractivity contribution >= 4 is 39.8 Å². The predicted molar refractivity (Wildman–Crippen MR) is 110 cm³/mol. The number of benzene rings is 2. The minimum atomic E-state index is -0.332. The second kappa shape index (κ2) is 7.98. The highest BCUT2D eigenvalue weighted by Crippen LogP contribution is 2.28. The molecule has 0 saturated carbocycles. The molecule has 0 bridgehead atoms. The maximum atomic E-state index is 11.5. The second-order valence-corrected chi connectivity index (χ2v) is 7.36. The maximum absolute atomic E-state index is 11.5. The van der Waals surface area contributed by atoms with Gasteiger partial charge in [0, 0.05) is 17.7 Å². The molecule has 0 aliphatic rings. The summed E-state index contributed by atoms with van der Waals surface area (Å²) in [5, 5.41) is 10.5. The number of hydrogen-bond acceptors (Lipinski definition) is 6. The number of rotatable bonds is 6. The molecule has 0 atom stereocenters. The Hall–Kier alpha value is -2.93. The van der Waals surface area contributed by atoms with Crippen molar-refractivity contribution in [2.45, 2.75) is 30.8 Å². The van der Waals surface area contributed by atoms with E-state index in [1.54, 1.807) is 12.1 Å². The molecule has 4 rings (SSSR count). The Morgan fingerprint density at radius 1 is 1.11 bits per heavy atom. The van der Waals surface area contributed by atoms with Crippen molar-refractivity contribution in [1.82, 2.24) is 19.7 Å². The van der Waals surface area contributed by atoms with Crippen LogP contribution in [0.4, 0.5) is 0 Å². The maximum Gasteiger partial charge on any atom is 0.337 e. The first kappa shape index (κ1) is 18.4. The van der Waals surface area contributed by atoms with E-state index in [-0.39, 0.29) is 5.97 Å². The number of nitrogens with zero attached hydrogens (tertiary/aromatic N) is 4. The van der Waals surface area contributed by atoms with Gasteiger partial charge in [-0.1, -0.05) is 49.0 Å². The van der Waals surface area contributed by atoms with Gasteiger partial charge >= 0.3 is 5.97 Å². The van der Waals surface area contributed by atoms with Gasteiger partial charge in [-0.05, 0) is 30.2 Å². The Bertz CT molecular complexity index is 1140. The van der Waals surface area contributed by atoms with Crippen LogP contribution >= 0.6 is 11.8 Å². The summed E-state index contributed by atoms with van der Waals surface area (Å²) in [6.45, 7) is 3.05. The van der Waals surface area contributed by atoms with Gasteiger partial charge in [-0.2, -0.15) is 0 Å². The highest BCUT2D eigenvalue weighted by atomic mass is 32.2. The summed E-state index contributed by atoms with van der Waals surface area (Å²) >= 11 is 1.53. The molecule has 6 nitrogen and oxygen atoms in total. The summed E-state index contributed by atoms with van der Waals surface area (Å²) in [7, 11) is 1.38. The lowest BCUT2D eigenvalue weighted by Gasteiger charge is -2.05. The van der Waals surface area contributed by atoms with Crippen LogP contribution in [0, 0.1) is 0 Å². The Morgan fingerprint density at radius 2 is 1.89 bits per heavy atom. The fraction of sp³-hybridized carbons (Fsp3) is 0.238. The fourth-order valence-electron chi connectivity index (χ4n) is 3.20. The number of hydrogen-bond donors (Lipinski definition) is 0. The third-order valence-electron chi connectivity index (χ3n) is 4.54. The molecule has 0 N–H and O–H groups in total. The van der Waals surface area contributed by atoms with Crippen molar-refractivity contribution in [3.8, 4) is 0 Å². The Balaban J connectivity index is 1.60. The van der Waals surface area contributed by atoms with Gasteiger partial charge in [0.15, 0.2) is 5.65 Å². The van der Waals surface area contributed by atoms with E-state index in [0.29, 0.717) is 16.5 Å². The van der Waals surface area contributed by atoms with E-state index in [0.717, 1.165) is 40.6 Å². The van der Waals surface area contributed by atoms with Crippen molar-refractivity contribution in [1.29, 1.82) is 0 Å². The van der Waals surface area contributed by atoms with Crippen molar-refractivity contribution < 1.29 is 9.53 Å². The Labute approximate surface area is 166 Å². The van der Waals surface area contributed by atoms with E-state index in [1.807, 2.05) is 24.3 Å². The van der Waals surface area contributed by atoms with Gasteiger partial charge in [0.1, 0.15) is 5.52 Å². The average Bonchev–Trinajstić information content (AvgIpc) is 3.06. The Kier molecular flexibility index (Phi) is 5.25. The predicted octanol–water partition coefficient (Wildman–Crippen LogP) is 4.47. The molecule has 0 fully saturated rings. The smallest absolute Gasteiger partial charge is 0.337 e. The third-order valence-corrected chi connectivity index (χ3v) is 5.45.